The third-order valence-corrected chi connectivity index (χ3v) is 19.2. The summed E-state index contributed by atoms with van der Waals surface area (Å²) in [4.78, 5) is 79.1. The number of rotatable bonds is 20. The smallest absolute Gasteiger partial charge is 0.293 e. The number of likely N-dealkylation sites (tertiary alicyclic amines) is 1. The van der Waals surface area contributed by atoms with Crippen LogP contribution in [-0.4, -0.2) is 140 Å². The van der Waals surface area contributed by atoms with E-state index in [4.69, 9.17) is 25.8 Å². The van der Waals surface area contributed by atoms with Crippen molar-refractivity contribution in [2.75, 3.05) is 82.4 Å². The number of unbranched alkanes of at least 4 members (excludes halogenated alkanes) is 1. The van der Waals surface area contributed by atoms with E-state index in [1.54, 1.807) is 35.4 Å². The number of pyridine rings is 1. The zero-order chi connectivity index (χ0) is 62.3. The van der Waals surface area contributed by atoms with Crippen molar-refractivity contribution in [2.45, 2.75) is 75.4 Å². The molecular weight excluding hydrogens is 1190 g/mol. The van der Waals surface area contributed by atoms with E-state index in [1.165, 1.54) is 24.4 Å². The Morgan fingerprint density at radius 2 is 1.63 bits per heavy atom. The van der Waals surface area contributed by atoms with Gasteiger partial charge >= 0.3 is 0 Å². The van der Waals surface area contributed by atoms with E-state index < -0.39 is 43.4 Å². The second kappa shape index (κ2) is 27.5. The third kappa shape index (κ3) is 14.3. The molecular formula is C67H69ClN10O11S. The number of piperazine rings is 1. The predicted octanol–water partition coefficient (Wildman–Crippen LogP) is 9.55. The van der Waals surface area contributed by atoms with Crippen LogP contribution in [0.25, 0.3) is 22.2 Å². The number of hydrogen-bond acceptors (Lipinski definition) is 16. The number of hydrogen-bond donors (Lipinski definition) is 4. The maximum atomic E-state index is 14.2. The Kier molecular flexibility index (Phi) is 18.8. The molecule has 12 rings (SSSR count). The molecule has 0 bridgehead atoms. The van der Waals surface area contributed by atoms with E-state index in [0.717, 1.165) is 102 Å². The molecule has 21 nitrogen and oxygen atoms in total. The number of piperidine rings is 2. The van der Waals surface area contributed by atoms with E-state index in [-0.39, 0.29) is 41.2 Å². The van der Waals surface area contributed by atoms with E-state index in [2.05, 4.69) is 64.0 Å². The van der Waals surface area contributed by atoms with E-state index in [0.29, 0.717) is 106 Å². The number of carbonyl (C=O) groups is 4. The van der Waals surface area contributed by atoms with E-state index in [9.17, 15) is 37.7 Å². The molecule has 7 aromatic rings. The summed E-state index contributed by atoms with van der Waals surface area (Å²) in [5.74, 6) is 6.55. The Hall–Kier alpha value is -8.85. The summed E-state index contributed by atoms with van der Waals surface area (Å²) in [6.07, 6.45) is 9.00. The molecule has 2 aromatic heterocycles. The van der Waals surface area contributed by atoms with Gasteiger partial charge in [0.2, 0.25) is 11.8 Å². The Morgan fingerprint density at radius 1 is 0.844 bits per heavy atom. The first kappa shape index (κ1) is 61.4. The van der Waals surface area contributed by atoms with Crippen molar-refractivity contribution < 1.29 is 46.7 Å². The number of nitro benzene ring substituents is 1. The third-order valence-electron chi connectivity index (χ3n) is 17.6. The lowest BCUT2D eigenvalue weighted by molar-refractivity contribution is -0.384. The molecule has 4 N–H and O–H groups in total. The fraction of sp³-hybridized carbons (Fsp3) is 0.358. The second-order valence-electron chi connectivity index (χ2n) is 23.5. The van der Waals surface area contributed by atoms with Crippen LogP contribution in [0.5, 0.6) is 17.2 Å². The van der Waals surface area contributed by atoms with Crippen LogP contribution < -0.4 is 29.7 Å². The van der Waals surface area contributed by atoms with Crippen LogP contribution in [0.3, 0.4) is 0 Å². The molecule has 4 saturated heterocycles. The molecule has 0 aliphatic carbocycles. The zero-order valence-corrected chi connectivity index (χ0v) is 51.2. The van der Waals surface area contributed by atoms with Gasteiger partial charge in [-0.3, -0.25) is 39.5 Å². The minimum absolute atomic E-state index is 0.0770. The van der Waals surface area contributed by atoms with Gasteiger partial charge in [-0.1, -0.05) is 53.8 Å². The number of nitrogens with one attached hydrogen (secondary N) is 4. The fourth-order valence-corrected chi connectivity index (χ4v) is 13.6. The van der Waals surface area contributed by atoms with Crippen LogP contribution in [0.2, 0.25) is 5.02 Å². The first-order valence-corrected chi connectivity index (χ1v) is 32.4. The number of ether oxygens (including phenoxy) is 3. The minimum atomic E-state index is -4.62. The number of anilines is 2. The summed E-state index contributed by atoms with van der Waals surface area (Å²) < 4.78 is 48.5. The van der Waals surface area contributed by atoms with Crippen molar-refractivity contribution in [1.29, 1.82) is 0 Å². The molecule has 5 aliphatic rings. The van der Waals surface area contributed by atoms with E-state index in [1.807, 2.05) is 48.5 Å². The van der Waals surface area contributed by atoms with Crippen molar-refractivity contribution in [3.05, 3.63) is 165 Å². The number of carbonyl (C=O) groups excluding carboxylic acids is 4. The van der Waals surface area contributed by atoms with Crippen molar-refractivity contribution in [1.82, 2.24) is 34.7 Å². The van der Waals surface area contributed by atoms with Gasteiger partial charge in [-0.25, -0.2) is 18.1 Å². The molecule has 4 fully saturated rings. The van der Waals surface area contributed by atoms with Crippen molar-refractivity contribution >= 4 is 73.3 Å². The van der Waals surface area contributed by atoms with Crippen LogP contribution in [0, 0.1) is 33.8 Å². The van der Waals surface area contributed by atoms with Gasteiger partial charge in [-0.15, -0.1) is 0 Å². The van der Waals surface area contributed by atoms with Gasteiger partial charge in [-0.2, -0.15) is 0 Å². The van der Waals surface area contributed by atoms with Crippen LogP contribution >= 0.6 is 11.6 Å². The van der Waals surface area contributed by atoms with Gasteiger partial charge in [-0.05, 0) is 153 Å². The number of halogens is 1. The predicted molar refractivity (Wildman–Crippen MR) is 340 cm³/mol. The number of aromatic nitrogens is 2. The van der Waals surface area contributed by atoms with E-state index >= 15 is 0 Å². The Labute approximate surface area is 526 Å². The highest BCUT2D eigenvalue weighted by Gasteiger charge is 2.40. The summed E-state index contributed by atoms with van der Waals surface area (Å²) in [5.41, 5.74) is 6.38. The molecule has 466 valence electrons. The van der Waals surface area contributed by atoms with Crippen molar-refractivity contribution in [3.63, 3.8) is 0 Å². The van der Waals surface area contributed by atoms with Gasteiger partial charge in [0.15, 0.2) is 0 Å². The van der Waals surface area contributed by atoms with Crippen molar-refractivity contribution in [2.24, 2.45) is 11.8 Å². The van der Waals surface area contributed by atoms with Gasteiger partial charge in [0, 0.05) is 123 Å². The van der Waals surface area contributed by atoms with Gasteiger partial charge in [0.05, 0.1) is 28.2 Å². The fourth-order valence-electron chi connectivity index (χ4n) is 12.5. The van der Waals surface area contributed by atoms with Gasteiger partial charge < -0.3 is 39.2 Å². The largest absolute Gasteiger partial charge is 0.493 e. The molecule has 5 aliphatic heterocycles. The maximum Gasteiger partial charge on any atom is 0.293 e. The number of nitro groups is 1. The van der Waals surface area contributed by atoms with Crippen LogP contribution in [0.1, 0.15) is 88.8 Å². The second-order valence-corrected chi connectivity index (χ2v) is 25.6. The normalized spacial score (nSPS) is 17.8. The average Bonchev–Trinajstić information content (AvgIpc) is 1.68. The summed E-state index contributed by atoms with van der Waals surface area (Å²) >= 11 is 6.38. The highest BCUT2D eigenvalue weighted by molar-refractivity contribution is 7.90. The van der Waals surface area contributed by atoms with Crippen molar-refractivity contribution in [3.8, 4) is 40.2 Å². The monoisotopic (exact) mass is 1260 g/mol. The molecule has 0 saturated carbocycles. The van der Waals surface area contributed by atoms with Gasteiger partial charge in [0.25, 0.3) is 27.5 Å². The number of H-pyrrole nitrogens is 1. The zero-order valence-electron chi connectivity index (χ0n) is 49.6. The number of sulfonamides is 1. The molecule has 7 heterocycles. The standard InChI is InChI=1S/C67H69ClN10O11S/c68-49-13-11-47(12-14-49)53-8-5-10-61(88-43-45-22-28-74(29-23-45)27-3-1-2-6-46-7-4-9-54-56(46)42-77(67(54)82)59-19-20-63(79)72-66(59)81)57(53)41-75-30-32-76(33-31-75)50-15-17-55(62(37-50)89-51-36-48-21-26-69-64(48)71-40-51)65(80)73-90(85,86)52-16-18-58(60(38-52)78(83)84)70-39-44-24-34-87-35-25-44/h4-5,7-18,21,26,36-38,40,44-45,59,70H,1,3,19-20,22-25,27-35,39,41-43H2,(H,69,71)(H,73,80)(H,72,79,81). The molecule has 5 aromatic carbocycles. The topological polar surface area (TPSA) is 251 Å². The number of fused-ring (bicyclic) bond motifs is 2. The van der Waals surface area contributed by atoms with Crippen LogP contribution in [0.4, 0.5) is 17.1 Å². The number of aromatic amines is 1. The van der Waals surface area contributed by atoms with Crippen LogP contribution in [0.15, 0.2) is 126 Å². The molecule has 90 heavy (non-hydrogen) atoms. The SMILES string of the molecule is O=C1CCC(N2Cc3c(C#CCCCN4CCC(COc5cccc(-c6ccc(Cl)cc6)c5CN5CCN(c6ccc(C(=O)NS(=O)(=O)c7ccc(NCC8CCOCC8)c([N+](=O)[O-])c7)c(Oc7cnc8[nH]ccc8c7)c6)CC5)CC4)cccc3C2=O)C(=O)N1. The van der Waals surface area contributed by atoms with Crippen LogP contribution in [-0.2, 0) is 37.4 Å². The maximum absolute atomic E-state index is 14.2. The quantitative estimate of drug-likeness (QED) is 0.0182. The number of nitrogens with zero attached hydrogens (tertiary/aromatic N) is 6. The number of amides is 4. The molecule has 0 spiro atoms. The highest BCUT2D eigenvalue weighted by atomic mass is 35.5. The minimum Gasteiger partial charge on any atom is -0.493 e. The van der Waals surface area contributed by atoms with Gasteiger partial charge in [0.1, 0.15) is 34.6 Å². The lowest BCUT2D eigenvalue weighted by Crippen LogP contribution is -2.52. The first-order chi connectivity index (χ1) is 43.7. The number of benzene rings is 5. The average molecular weight is 1260 g/mol. The Morgan fingerprint density at radius 3 is 2.42 bits per heavy atom. The molecule has 4 amide bonds. The summed E-state index contributed by atoms with van der Waals surface area (Å²) in [5, 5.41) is 19.1. The molecule has 1 atom stereocenters. The lowest BCUT2D eigenvalue weighted by Gasteiger charge is -2.37. The summed E-state index contributed by atoms with van der Waals surface area (Å²) in [6.45, 7) is 8.59. The molecule has 1 unspecified atom stereocenters. The molecule has 0 radical (unpaired) electrons. The summed E-state index contributed by atoms with van der Waals surface area (Å²) in [7, 11) is -4.62. The lowest BCUT2D eigenvalue weighted by atomic mass is 9.96. The summed E-state index contributed by atoms with van der Waals surface area (Å²) in [6, 6.07) is 31.0. The highest BCUT2D eigenvalue weighted by Crippen LogP contribution is 2.37. The molecule has 23 heteroatoms. The Balaban J connectivity index is 0.675. The first-order valence-electron chi connectivity index (χ1n) is 30.6. The number of imide groups is 1. The Bertz CT molecular complexity index is 4040.